The summed E-state index contributed by atoms with van der Waals surface area (Å²) in [6.07, 6.45) is 8.64. The number of H-pyrrole nitrogens is 1. The van der Waals surface area contributed by atoms with Gasteiger partial charge in [0.05, 0.1) is 11.1 Å². The maximum Gasteiger partial charge on any atom is 0.253 e. The van der Waals surface area contributed by atoms with Gasteiger partial charge in [-0.3, -0.25) is 14.6 Å². The second-order valence-corrected chi connectivity index (χ2v) is 8.57. The molecule has 0 aliphatic rings. The zero-order chi connectivity index (χ0) is 24.2. The highest BCUT2D eigenvalue weighted by Gasteiger charge is 2.26. The van der Waals surface area contributed by atoms with E-state index in [-0.39, 0.29) is 11.8 Å². The Hall–Kier alpha value is -3.36. The highest BCUT2D eigenvalue weighted by molar-refractivity contribution is 5.99. The molecule has 0 bridgehead atoms. The van der Waals surface area contributed by atoms with Crippen molar-refractivity contribution in [1.29, 1.82) is 0 Å². The van der Waals surface area contributed by atoms with Crippen LogP contribution in [0.3, 0.4) is 0 Å². The van der Waals surface area contributed by atoms with Crippen molar-refractivity contribution in [3.05, 3.63) is 47.9 Å². The zero-order valence-electron chi connectivity index (χ0n) is 20.2. The number of tetrazole rings is 1. The van der Waals surface area contributed by atoms with Gasteiger partial charge in [-0.1, -0.05) is 57.7 Å². The van der Waals surface area contributed by atoms with E-state index in [1.54, 1.807) is 12.3 Å². The Bertz CT molecular complexity index is 1030. The van der Waals surface area contributed by atoms with Gasteiger partial charge in [0.1, 0.15) is 11.9 Å². The molecule has 0 radical (unpaired) electrons. The molecule has 1 atom stereocenters. The molecule has 2 heterocycles. The van der Waals surface area contributed by atoms with Crippen LogP contribution in [0.2, 0.25) is 0 Å². The fourth-order valence-corrected chi connectivity index (χ4v) is 3.92. The van der Waals surface area contributed by atoms with E-state index in [4.69, 9.17) is 0 Å². The second-order valence-electron chi connectivity index (χ2n) is 8.57. The van der Waals surface area contributed by atoms with Crippen molar-refractivity contribution in [2.24, 2.45) is 0 Å². The fraction of sp³-hybridized carbons (Fsp3) is 0.520. The number of carbonyl (C=O) groups excluding carboxylic acids is 2. The van der Waals surface area contributed by atoms with Crippen molar-refractivity contribution in [2.45, 2.75) is 71.3 Å². The monoisotopic (exact) mass is 465 g/mol. The molecule has 0 spiro atoms. The average Bonchev–Trinajstić information content (AvgIpc) is 3.38. The van der Waals surface area contributed by atoms with Crippen LogP contribution in [-0.4, -0.2) is 61.5 Å². The van der Waals surface area contributed by atoms with Gasteiger partial charge >= 0.3 is 0 Å². The quantitative estimate of drug-likeness (QED) is 0.351. The van der Waals surface area contributed by atoms with Crippen LogP contribution in [0.5, 0.6) is 0 Å². The number of benzene rings is 1. The molecule has 1 aromatic carbocycles. The lowest BCUT2D eigenvalue weighted by molar-refractivity contribution is -0.133. The molecule has 0 unspecified atom stereocenters. The van der Waals surface area contributed by atoms with Crippen molar-refractivity contribution in [3.8, 4) is 0 Å². The van der Waals surface area contributed by atoms with Crippen LogP contribution >= 0.6 is 0 Å². The summed E-state index contributed by atoms with van der Waals surface area (Å²) in [4.78, 5) is 33.0. The standard InChI is InChI=1S/C25H35N7O2/c1-3-5-9-15-32(16-10-6-4-2)25(34)22(13-14-23-28-30-31-29-23)27-24(33)20-17-19-11-7-8-12-21(19)26-18-20/h7-8,11-12,17-18,22H,3-6,9-10,13-16H2,1-2H3,(H,27,33)(H,28,29,30,31)/t22-/m1/s1. The van der Waals surface area contributed by atoms with Gasteiger partial charge < -0.3 is 10.2 Å². The molecule has 0 aliphatic heterocycles. The zero-order valence-corrected chi connectivity index (χ0v) is 20.2. The van der Waals surface area contributed by atoms with Crippen LogP contribution in [0.25, 0.3) is 10.9 Å². The molecule has 0 fully saturated rings. The van der Waals surface area contributed by atoms with E-state index in [0.717, 1.165) is 49.4 Å². The average molecular weight is 466 g/mol. The van der Waals surface area contributed by atoms with Gasteiger partial charge in [0.25, 0.3) is 5.91 Å². The van der Waals surface area contributed by atoms with Crippen LogP contribution in [0.1, 0.15) is 75.0 Å². The number of unbranched alkanes of at least 4 members (excludes halogenated alkanes) is 4. The number of hydrogen-bond donors (Lipinski definition) is 2. The van der Waals surface area contributed by atoms with Crippen LogP contribution in [-0.2, 0) is 11.2 Å². The maximum atomic E-state index is 13.6. The molecule has 182 valence electrons. The van der Waals surface area contributed by atoms with E-state index in [1.807, 2.05) is 29.2 Å². The molecular weight excluding hydrogens is 430 g/mol. The number of hydrogen-bond acceptors (Lipinski definition) is 6. The second kappa shape index (κ2) is 13.4. The van der Waals surface area contributed by atoms with Gasteiger partial charge in [0, 0.05) is 31.1 Å². The molecular formula is C25H35N7O2. The normalized spacial score (nSPS) is 11.9. The lowest BCUT2D eigenvalue weighted by Gasteiger charge is -2.28. The Labute approximate surface area is 200 Å². The number of aryl methyl sites for hydroxylation is 1. The number of carbonyl (C=O) groups is 2. The van der Waals surface area contributed by atoms with E-state index in [2.05, 4.69) is 44.8 Å². The summed E-state index contributed by atoms with van der Waals surface area (Å²) in [6.45, 7) is 5.69. The Kier molecular flexibility index (Phi) is 9.94. The number of pyridine rings is 1. The van der Waals surface area contributed by atoms with Gasteiger partial charge in [-0.15, -0.1) is 5.10 Å². The summed E-state index contributed by atoms with van der Waals surface area (Å²) < 4.78 is 0. The van der Waals surface area contributed by atoms with Crippen molar-refractivity contribution in [2.75, 3.05) is 13.1 Å². The van der Waals surface area contributed by atoms with Gasteiger partial charge in [0.2, 0.25) is 5.91 Å². The number of aromatic amines is 1. The first kappa shape index (κ1) is 25.3. The van der Waals surface area contributed by atoms with Crippen LogP contribution < -0.4 is 5.32 Å². The molecule has 0 saturated heterocycles. The smallest absolute Gasteiger partial charge is 0.253 e. The topological polar surface area (TPSA) is 117 Å². The summed E-state index contributed by atoms with van der Waals surface area (Å²) in [5.74, 6) is 0.221. The Balaban J connectivity index is 1.76. The Morgan fingerprint density at radius 1 is 1.06 bits per heavy atom. The third kappa shape index (κ3) is 7.33. The number of nitrogens with zero attached hydrogens (tertiary/aromatic N) is 5. The molecule has 0 aliphatic carbocycles. The predicted octanol–water partition coefficient (Wildman–Crippen LogP) is 3.69. The minimum atomic E-state index is -0.674. The Morgan fingerprint density at radius 3 is 2.47 bits per heavy atom. The minimum absolute atomic E-state index is 0.0539. The minimum Gasteiger partial charge on any atom is -0.341 e. The largest absolute Gasteiger partial charge is 0.341 e. The molecule has 0 saturated carbocycles. The van der Waals surface area contributed by atoms with Crippen molar-refractivity contribution < 1.29 is 9.59 Å². The summed E-state index contributed by atoms with van der Waals surface area (Å²) in [5, 5.41) is 17.7. The number of nitrogens with one attached hydrogen (secondary N) is 2. The van der Waals surface area contributed by atoms with Gasteiger partial charge in [-0.25, -0.2) is 5.10 Å². The van der Waals surface area contributed by atoms with E-state index < -0.39 is 6.04 Å². The summed E-state index contributed by atoms with van der Waals surface area (Å²) in [6, 6.07) is 8.77. The fourth-order valence-electron chi connectivity index (χ4n) is 3.92. The molecule has 3 aromatic rings. The van der Waals surface area contributed by atoms with Gasteiger partial charge in [-0.05, 0) is 41.8 Å². The predicted molar refractivity (Wildman–Crippen MR) is 131 cm³/mol. The first-order chi connectivity index (χ1) is 16.6. The molecule has 34 heavy (non-hydrogen) atoms. The maximum absolute atomic E-state index is 13.6. The number of amides is 2. The molecule has 9 heteroatoms. The highest BCUT2D eigenvalue weighted by Crippen LogP contribution is 2.14. The van der Waals surface area contributed by atoms with Crippen molar-refractivity contribution >= 4 is 22.7 Å². The number of rotatable bonds is 14. The van der Waals surface area contributed by atoms with Crippen LogP contribution in [0.15, 0.2) is 36.5 Å². The van der Waals surface area contributed by atoms with E-state index in [0.29, 0.717) is 37.3 Å². The molecule has 2 aromatic heterocycles. The first-order valence-electron chi connectivity index (χ1n) is 12.3. The molecule has 2 amide bonds. The number of para-hydroxylation sites is 1. The molecule has 9 nitrogen and oxygen atoms in total. The molecule has 3 rings (SSSR count). The van der Waals surface area contributed by atoms with Crippen LogP contribution in [0, 0.1) is 0 Å². The lowest BCUT2D eigenvalue weighted by Crippen LogP contribution is -2.49. The summed E-state index contributed by atoms with van der Waals surface area (Å²) >= 11 is 0. The molecule has 2 N–H and O–H groups in total. The summed E-state index contributed by atoms with van der Waals surface area (Å²) in [7, 11) is 0. The third-order valence-corrected chi connectivity index (χ3v) is 5.89. The summed E-state index contributed by atoms with van der Waals surface area (Å²) in [5.41, 5.74) is 1.25. The third-order valence-electron chi connectivity index (χ3n) is 5.89. The number of aromatic nitrogens is 5. The lowest BCUT2D eigenvalue weighted by atomic mass is 10.1. The van der Waals surface area contributed by atoms with Crippen LogP contribution in [0.4, 0.5) is 0 Å². The van der Waals surface area contributed by atoms with Gasteiger partial charge in [-0.2, -0.15) is 0 Å². The van der Waals surface area contributed by atoms with Crippen molar-refractivity contribution in [1.82, 2.24) is 35.8 Å². The van der Waals surface area contributed by atoms with Crippen molar-refractivity contribution in [3.63, 3.8) is 0 Å². The van der Waals surface area contributed by atoms with Gasteiger partial charge in [0.15, 0.2) is 0 Å². The first-order valence-corrected chi connectivity index (χ1v) is 12.3. The van der Waals surface area contributed by atoms with E-state index >= 15 is 0 Å². The SMILES string of the molecule is CCCCCN(CCCCC)C(=O)[C@@H](CCc1nnn[nH]1)NC(=O)c1cnc2ccccc2c1. The van der Waals surface area contributed by atoms with E-state index in [1.165, 1.54) is 0 Å². The highest BCUT2D eigenvalue weighted by atomic mass is 16.2. The van der Waals surface area contributed by atoms with E-state index in [9.17, 15) is 9.59 Å². The number of fused-ring (bicyclic) bond motifs is 1. The Morgan fingerprint density at radius 2 is 1.79 bits per heavy atom.